The Morgan fingerprint density at radius 3 is 2.65 bits per heavy atom. The van der Waals surface area contributed by atoms with Crippen molar-refractivity contribution >= 4 is 5.97 Å². The number of rotatable bonds is 5. The molecule has 1 unspecified atom stereocenters. The number of aromatic nitrogens is 2. The zero-order valence-corrected chi connectivity index (χ0v) is 13.8. The Labute approximate surface area is 134 Å². The first-order chi connectivity index (χ1) is 10.9. The van der Waals surface area contributed by atoms with E-state index in [0.717, 1.165) is 0 Å². The molecule has 2 rings (SSSR count). The fraction of sp³-hybridized carbons (Fsp3) is 0.667. The summed E-state index contributed by atoms with van der Waals surface area (Å²) in [6.45, 7) is 5.95. The number of esters is 1. The topological polar surface area (TPSA) is 93.6 Å². The summed E-state index contributed by atoms with van der Waals surface area (Å²) < 4.78 is 12.8. The van der Waals surface area contributed by atoms with Crippen molar-refractivity contribution in [1.82, 2.24) is 14.5 Å². The van der Waals surface area contributed by atoms with Crippen LogP contribution in [0.5, 0.6) is 0 Å². The molecule has 128 valence electrons. The average molecular weight is 325 g/mol. The smallest absolute Gasteiger partial charge is 0.330 e. The van der Waals surface area contributed by atoms with Crippen LogP contribution in [-0.4, -0.2) is 52.3 Å². The van der Waals surface area contributed by atoms with E-state index < -0.39 is 23.6 Å². The molecule has 8 nitrogen and oxygen atoms in total. The van der Waals surface area contributed by atoms with Gasteiger partial charge in [-0.15, -0.1) is 0 Å². The van der Waals surface area contributed by atoms with Gasteiger partial charge in [-0.1, -0.05) is 13.8 Å². The summed E-state index contributed by atoms with van der Waals surface area (Å²) >= 11 is 0. The highest BCUT2D eigenvalue weighted by atomic mass is 16.6. The number of likely N-dealkylation sites (N-methyl/N-ethyl adjacent to an activating group) is 1. The Balaban J connectivity index is 2.46. The standard InChI is InChI=1S/C15H23N3O5/c1-5-10-13(22-9(3)19)12(17(4)6-2)14(23-10)18-8-7-11(20)16-15(18)21/h7-8,10,12-14H,5-6H2,1-4H3,(H,16,20,21)/t10-,12?,13+,14-/m1/s1. The Morgan fingerprint density at radius 2 is 2.13 bits per heavy atom. The molecular weight excluding hydrogens is 302 g/mol. The van der Waals surface area contributed by atoms with E-state index in [-0.39, 0.29) is 18.1 Å². The first kappa shape index (κ1) is 17.4. The van der Waals surface area contributed by atoms with Crippen LogP contribution in [0.1, 0.15) is 33.4 Å². The number of aromatic amines is 1. The molecule has 0 saturated carbocycles. The van der Waals surface area contributed by atoms with E-state index in [0.29, 0.717) is 13.0 Å². The molecule has 1 fully saturated rings. The Kier molecular flexibility index (Phi) is 5.38. The summed E-state index contributed by atoms with van der Waals surface area (Å²) in [6, 6.07) is 0.950. The van der Waals surface area contributed by atoms with Gasteiger partial charge in [-0.05, 0) is 20.0 Å². The molecule has 1 N–H and O–H groups in total. The molecule has 1 saturated heterocycles. The quantitative estimate of drug-likeness (QED) is 0.772. The Hall–Kier alpha value is -1.93. The van der Waals surface area contributed by atoms with Crippen molar-refractivity contribution in [2.45, 2.75) is 51.7 Å². The number of hydrogen-bond acceptors (Lipinski definition) is 6. The molecule has 1 aromatic heterocycles. The molecule has 0 spiro atoms. The molecule has 4 atom stereocenters. The zero-order chi connectivity index (χ0) is 17.1. The van der Waals surface area contributed by atoms with E-state index >= 15 is 0 Å². The maximum absolute atomic E-state index is 12.1. The van der Waals surface area contributed by atoms with Crippen molar-refractivity contribution in [3.8, 4) is 0 Å². The van der Waals surface area contributed by atoms with Crippen molar-refractivity contribution in [1.29, 1.82) is 0 Å². The van der Waals surface area contributed by atoms with Crippen molar-refractivity contribution in [2.75, 3.05) is 13.6 Å². The van der Waals surface area contributed by atoms with Crippen LogP contribution >= 0.6 is 0 Å². The van der Waals surface area contributed by atoms with Gasteiger partial charge in [0, 0.05) is 19.2 Å². The number of carbonyl (C=O) groups is 1. The number of ether oxygens (including phenoxy) is 2. The van der Waals surface area contributed by atoms with Crippen LogP contribution in [0, 0.1) is 0 Å². The highest BCUT2D eigenvalue weighted by Gasteiger charge is 2.48. The lowest BCUT2D eigenvalue weighted by molar-refractivity contribution is -0.151. The van der Waals surface area contributed by atoms with Crippen LogP contribution in [0.15, 0.2) is 21.9 Å². The van der Waals surface area contributed by atoms with Gasteiger partial charge in [0.05, 0.1) is 12.1 Å². The average Bonchev–Trinajstić information content (AvgIpc) is 2.84. The number of carbonyl (C=O) groups excluding carboxylic acids is 1. The first-order valence-corrected chi connectivity index (χ1v) is 7.73. The summed E-state index contributed by atoms with van der Waals surface area (Å²) in [5, 5.41) is 0. The number of hydrogen-bond donors (Lipinski definition) is 1. The fourth-order valence-corrected chi connectivity index (χ4v) is 2.92. The minimum Gasteiger partial charge on any atom is -0.458 e. The lowest BCUT2D eigenvalue weighted by Crippen LogP contribution is -2.48. The molecule has 2 heterocycles. The predicted octanol–water partition coefficient (Wildman–Crippen LogP) is 0.0960. The molecule has 0 aliphatic carbocycles. The van der Waals surface area contributed by atoms with E-state index in [4.69, 9.17) is 9.47 Å². The Bertz CT molecular complexity index is 668. The van der Waals surface area contributed by atoms with Crippen LogP contribution in [0.4, 0.5) is 0 Å². The third kappa shape index (κ3) is 3.53. The zero-order valence-electron chi connectivity index (χ0n) is 13.8. The van der Waals surface area contributed by atoms with Gasteiger partial charge in [-0.2, -0.15) is 0 Å². The van der Waals surface area contributed by atoms with Gasteiger partial charge in [0.1, 0.15) is 6.10 Å². The van der Waals surface area contributed by atoms with Crippen LogP contribution in [0.2, 0.25) is 0 Å². The number of nitrogens with zero attached hydrogens (tertiary/aromatic N) is 2. The normalized spacial score (nSPS) is 27.3. The first-order valence-electron chi connectivity index (χ1n) is 7.73. The summed E-state index contributed by atoms with van der Waals surface area (Å²) in [4.78, 5) is 39.0. The summed E-state index contributed by atoms with van der Waals surface area (Å²) in [5.74, 6) is -0.388. The lowest BCUT2D eigenvalue weighted by Gasteiger charge is -2.31. The van der Waals surface area contributed by atoms with Crippen LogP contribution in [0.25, 0.3) is 0 Å². The maximum Gasteiger partial charge on any atom is 0.330 e. The molecule has 0 amide bonds. The molecule has 0 aromatic carbocycles. The van der Waals surface area contributed by atoms with Gasteiger partial charge in [0.2, 0.25) is 0 Å². The maximum atomic E-state index is 12.1. The van der Waals surface area contributed by atoms with E-state index in [2.05, 4.69) is 4.98 Å². The highest BCUT2D eigenvalue weighted by molar-refractivity contribution is 5.66. The molecular formula is C15H23N3O5. The minimum atomic E-state index is -0.640. The largest absolute Gasteiger partial charge is 0.458 e. The Morgan fingerprint density at radius 1 is 1.43 bits per heavy atom. The molecule has 8 heteroatoms. The van der Waals surface area contributed by atoms with Crippen LogP contribution < -0.4 is 11.2 Å². The van der Waals surface area contributed by atoms with Crippen molar-refractivity contribution in [3.05, 3.63) is 33.1 Å². The monoisotopic (exact) mass is 325 g/mol. The summed E-state index contributed by atoms with van der Waals surface area (Å²) in [7, 11) is 1.88. The second kappa shape index (κ2) is 7.10. The van der Waals surface area contributed by atoms with Gasteiger partial charge in [0.15, 0.2) is 6.23 Å². The van der Waals surface area contributed by atoms with Crippen molar-refractivity contribution < 1.29 is 14.3 Å². The predicted molar refractivity (Wildman–Crippen MR) is 83.2 cm³/mol. The highest BCUT2D eigenvalue weighted by Crippen LogP contribution is 2.35. The molecule has 0 radical (unpaired) electrons. The molecule has 23 heavy (non-hydrogen) atoms. The summed E-state index contributed by atoms with van der Waals surface area (Å²) in [6.07, 6.45) is 0.609. The lowest BCUT2D eigenvalue weighted by atomic mass is 10.0. The second-order valence-electron chi connectivity index (χ2n) is 5.63. The minimum absolute atomic E-state index is 0.318. The summed E-state index contributed by atoms with van der Waals surface area (Å²) in [5.41, 5.74) is -1.01. The van der Waals surface area contributed by atoms with E-state index in [1.807, 2.05) is 25.8 Å². The van der Waals surface area contributed by atoms with E-state index in [1.165, 1.54) is 23.8 Å². The SMILES string of the molecule is CC[C@H]1O[C@@H](n2ccc(=O)[nH]c2=O)C(N(C)CC)[C@H]1OC(C)=O. The number of H-pyrrole nitrogens is 1. The van der Waals surface area contributed by atoms with Crippen molar-refractivity contribution in [3.63, 3.8) is 0 Å². The molecule has 1 aromatic rings. The van der Waals surface area contributed by atoms with Crippen LogP contribution in [-0.2, 0) is 14.3 Å². The number of nitrogens with one attached hydrogen (secondary N) is 1. The molecule has 1 aliphatic rings. The fourth-order valence-electron chi connectivity index (χ4n) is 2.92. The molecule has 1 aliphatic heterocycles. The van der Waals surface area contributed by atoms with Crippen LogP contribution in [0.3, 0.4) is 0 Å². The van der Waals surface area contributed by atoms with Crippen molar-refractivity contribution in [2.24, 2.45) is 0 Å². The third-order valence-electron chi connectivity index (χ3n) is 4.15. The molecule has 0 bridgehead atoms. The van der Waals surface area contributed by atoms with Gasteiger partial charge in [-0.3, -0.25) is 24.0 Å². The van der Waals surface area contributed by atoms with E-state index in [1.54, 1.807) is 0 Å². The van der Waals surface area contributed by atoms with Gasteiger partial charge >= 0.3 is 11.7 Å². The third-order valence-corrected chi connectivity index (χ3v) is 4.15. The second-order valence-corrected chi connectivity index (χ2v) is 5.63. The van der Waals surface area contributed by atoms with Gasteiger partial charge in [-0.25, -0.2) is 4.79 Å². The van der Waals surface area contributed by atoms with E-state index in [9.17, 15) is 14.4 Å². The van der Waals surface area contributed by atoms with Gasteiger partial charge in [0.25, 0.3) is 5.56 Å². The van der Waals surface area contributed by atoms with Gasteiger partial charge < -0.3 is 9.47 Å².